The molecular weight excluding hydrogens is 571 g/mol. The van der Waals surface area contributed by atoms with Crippen LogP contribution in [-0.2, 0) is 0 Å². The highest BCUT2D eigenvalue weighted by molar-refractivity contribution is 6.17. The zero-order chi connectivity index (χ0) is 32.1. The molecule has 0 radical (unpaired) electrons. The molecule has 1 N–H and O–H groups in total. The second-order valence-electron chi connectivity index (χ2n) is 11.9. The van der Waals surface area contributed by atoms with Gasteiger partial charge in [0.05, 0.1) is 22.4 Å². The Labute approximate surface area is 274 Å². The molecule has 3 heteroatoms. The zero-order valence-corrected chi connectivity index (χ0v) is 26.2. The molecular formula is C44H33N3. The molecule has 47 heavy (non-hydrogen) atoms. The van der Waals surface area contributed by atoms with E-state index in [4.69, 9.17) is 5.41 Å². The minimum absolute atomic E-state index is 0.500. The monoisotopic (exact) mass is 603 g/mol. The van der Waals surface area contributed by atoms with E-state index >= 15 is 0 Å². The van der Waals surface area contributed by atoms with Crippen molar-refractivity contribution in [2.24, 2.45) is 0 Å². The van der Waals surface area contributed by atoms with Crippen molar-refractivity contribution in [3.8, 4) is 11.1 Å². The number of anilines is 1. The average molecular weight is 604 g/mol. The summed E-state index contributed by atoms with van der Waals surface area (Å²) in [5, 5.41) is 18.4. The molecule has 224 valence electrons. The third-order valence-corrected chi connectivity index (χ3v) is 9.38. The van der Waals surface area contributed by atoms with Gasteiger partial charge in [-0.25, -0.2) is 0 Å². The summed E-state index contributed by atoms with van der Waals surface area (Å²) in [6.07, 6.45) is 3.89. The standard InChI is InChI=1S/C44H33N3/c1-4-32-33(5-2)36-25-23-30(27-39(36)35-18-10-9-17-34(32)35)31-24-26-43-40(28-31)37-19-11-14-22-42(37)47(43)46(3)41-21-13-12-20-38(41)44(45)29-15-7-6-8-16-29/h4-28,45H,1-2H2,3H3. The smallest absolute Gasteiger partial charge is 0.0712 e. The van der Waals surface area contributed by atoms with Crippen molar-refractivity contribution >= 4 is 66.9 Å². The average Bonchev–Trinajstić information content (AvgIpc) is 3.47. The van der Waals surface area contributed by atoms with Gasteiger partial charge in [-0.05, 0) is 74.1 Å². The topological polar surface area (TPSA) is 32.0 Å². The first kappa shape index (κ1) is 28.3. The number of hydrogen-bond donors (Lipinski definition) is 1. The van der Waals surface area contributed by atoms with E-state index in [2.05, 4.69) is 121 Å². The summed E-state index contributed by atoms with van der Waals surface area (Å²) >= 11 is 0. The van der Waals surface area contributed by atoms with E-state index in [0.29, 0.717) is 5.71 Å². The van der Waals surface area contributed by atoms with Crippen LogP contribution in [-0.4, -0.2) is 17.4 Å². The van der Waals surface area contributed by atoms with Crippen molar-refractivity contribution in [3.63, 3.8) is 0 Å². The van der Waals surface area contributed by atoms with Crippen molar-refractivity contribution < 1.29 is 0 Å². The molecule has 0 saturated heterocycles. The second kappa shape index (κ2) is 11.3. The molecule has 1 aromatic heterocycles. The summed E-state index contributed by atoms with van der Waals surface area (Å²) in [5.41, 5.74) is 10.0. The van der Waals surface area contributed by atoms with Gasteiger partial charge in [0.2, 0.25) is 0 Å². The molecule has 8 rings (SSSR count). The Balaban J connectivity index is 1.30. The van der Waals surface area contributed by atoms with Crippen molar-refractivity contribution in [1.29, 1.82) is 5.41 Å². The quantitative estimate of drug-likeness (QED) is 0.143. The van der Waals surface area contributed by atoms with Crippen molar-refractivity contribution in [1.82, 2.24) is 4.68 Å². The summed E-state index contributed by atoms with van der Waals surface area (Å²) in [4.78, 5) is 0. The zero-order valence-electron chi connectivity index (χ0n) is 26.2. The van der Waals surface area contributed by atoms with Crippen LogP contribution in [0.2, 0.25) is 0 Å². The largest absolute Gasteiger partial charge is 0.300 e. The fourth-order valence-electron chi connectivity index (χ4n) is 7.15. The molecule has 0 fully saturated rings. The molecule has 7 aromatic carbocycles. The SMILES string of the molecule is C=Cc1c(C=C)c2ccc(-c3ccc4c(c3)c3ccccc3n4N(C)c3ccccc3C(=N)c3ccccc3)cc2c2ccccc12. The number of para-hydroxylation sites is 2. The van der Waals surface area contributed by atoms with Gasteiger partial charge >= 0.3 is 0 Å². The Morgan fingerprint density at radius 1 is 0.553 bits per heavy atom. The second-order valence-corrected chi connectivity index (χ2v) is 11.9. The van der Waals surface area contributed by atoms with Crippen LogP contribution < -0.4 is 5.01 Å². The summed E-state index contributed by atoms with van der Waals surface area (Å²) in [6, 6.07) is 48.8. The van der Waals surface area contributed by atoms with Crippen LogP contribution in [0, 0.1) is 5.41 Å². The van der Waals surface area contributed by atoms with Gasteiger partial charge in [-0.2, -0.15) is 0 Å². The van der Waals surface area contributed by atoms with Crippen LogP contribution >= 0.6 is 0 Å². The maximum Gasteiger partial charge on any atom is 0.0712 e. The van der Waals surface area contributed by atoms with Crippen LogP contribution in [0.3, 0.4) is 0 Å². The van der Waals surface area contributed by atoms with E-state index in [1.54, 1.807) is 0 Å². The maximum atomic E-state index is 9.09. The third kappa shape index (κ3) is 4.47. The summed E-state index contributed by atoms with van der Waals surface area (Å²) < 4.78 is 2.27. The van der Waals surface area contributed by atoms with Gasteiger partial charge in [0.1, 0.15) is 0 Å². The first-order valence-corrected chi connectivity index (χ1v) is 15.8. The first-order chi connectivity index (χ1) is 23.1. The lowest BCUT2D eigenvalue weighted by molar-refractivity contribution is 0.836. The number of fused-ring (bicyclic) bond motifs is 6. The van der Waals surface area contributed by atoms with E-state index in [9.17, 15) is 0 Å². The molecule has 0 aliphatic carbocycles. The Morgan fingerprint density at radius 3 is 1.85 bits per heavy atom. The van der Waals surface area contributed by atoms with Crippen molar-refractivity contribution in [3.05, 3.63) is 175 Å². The van der Waals surface area contributed by atoms with E-state index in [0.717, 1.165) is 50.1 Å². The molecule has 0 spiro atoms. The normalized spacial score (nSPS) is 11.3. The highest BCUT2D eigenvalue weighted by atomic mass is 15.5. The number of nitrogens with zero attached hydrogens (tertiary/aromatic N) is 2. The fraction of sp³-hybridized carbons (Fsp3) is 0.0227. The van der Waals surface area contributed by atoms with Gasteiger partial charge in [-0.15, -0.1) is 0 Å². The lowest BCUT2D eigenvalue weighted by Gasteiger charge is -2.26. The van der Waals surface area contributed by atoms with Crippen LogP contribution in [0.15, 0.2) is 153 Å². The number of benzene rings is 7. The highest BCUT2D eigenvalue weighted by Crippen LogP contribution is 2.39. The van der Waals surface area contributed by atoms with Gasteiger partial charge in [-0.1, -0.05) is 135 Å². The van der Waals surface area contributed by atoms with Crippen LogP contribution in [0.1, 0.15) is 22.3 Å². The van der Waals surface area contributed by atoms with Crippen LogP contribution in [0.4, 0.5) is 5.69 Å². The minimum Gasteiger partial charge on any atom is -0.300 e. The fourth-order valence-corrected chi connectivity index (χ4v) is 7.15. The van der Waals surface area contributed by atoms with Crippen molar-refractivity contribution in [2.75, 3.05) is 12.1 Å². The first-order valence-electron chi connectivity index (χ1n) is 15.8. The van der Waals surface area contributed by atoms with Gasteiger partial charge in [0, 0.05) is 28.9 Å². The minimum atomic E-state index is 0.500. The maximum absolute atomic E-state index is 9.09. The van der Waals surface area contributed by atoms with E-state index in [-0.39, 0.29) is 0 Å². The number of hydrogen-bond acceptors (Lipinski definition) is 2. The Kier molecular flexibility index (Phi) is 6.81. The molecule has 0 amide bonds. The van der Waals surface area contributed by atoms with Gasteiger partial charge in [-0.3, -0.25) is 15.1 Å². The lowest BCUT2D eigenvalue weighted by Crippen LogP contribution is -2.26. The predicted octanol–water partition coefficient (Wildman–Crippen LogP) is 11.4. The van der Waals surface area contributed by atoms with Gasteiger partial charge in [0.15, 0.2) is 0 Å². The van der Waals surface area contributed by atoms with Crippen LogP contribution in [0.5, 0.6) is 0 Å². The summed E-state index contributed by atoms with van der Waals surface area (Å²) in [6.45, 7) is 8.26. The Morgan fingerprint density at radius 2 is 1.11 bits per heavy atom. The van der Waals surface area contributed by atoms with Crippen LogP contribution in [0.25, 0.3) is 66.6 Å². The number of nitrogens with one attached hydrogen (secondary N) is 1. The molecule has 0 aliphatic rings. The van der Waals surface area contributed by atoms with E-state index < -0.39 is 0 Å². The molecule has 8 aromatic rings. The summed E-state index contributed by atoms with van der Waals surface area (Å²) in [5.74, 6) is 0. The predicted molar refractivity (Wildman–Crippen MR) is 203 cm³/mol. The molecule has 0 saturated carbocycles. The molecule has 0 aliphatic heterocycles. The van der Waals surface area contributed by atoms with E-state index in [1.165, 1.54) is 32.3 Å². The molecule has 0 bridgehead atoms. The number of rotatable bonds is 7. The molecule has 0 unspecified atom stereocenters. The van der Waals surface area contributed by atoms with Crippen molar-refractivity contribution in [2.45, 2.75) is 0 Å². The third-order valence-electron chi connectivity index (χ3n) is 9.38. The number of aromatic nitrogens is 1. The molecule has 3 nitrogen and oxygen atoms in total. The van der Waals surface area contributed by atoms with Gasteiger partial charge in [0.25, 0.3) is 0 Å². The van der Waals surface area contributed by atoms with E-state index in [1.807, 2.05) is 60.7 Å². The lowest BCUT2D eigenvalue weighted by atomic mass is 9.89. The highest BCUT2D eigenvalue weighted by Gasteiger charge is 2.19. The Bertz CT molecular complexity index is 2530. The Hall–Kier alpha value is -6.19. The van der Waals surface area contributed by atoms with Gasteiger partial charge < -0.3 is 0 Å². The molecule has 1 heterocycles. The molecule has 0 atom stereocenters. The summed E-state index contributed by atoms with van der Waals surface area (Å²) in [7, 11) is 2.08.